The van der Waals surface area contributed by atoms with Gasteiger partial charge < -0.3 is 0 Å². The first kappa shape index (κ1) is 20.8. The summed E-state index contributed by atoms with van der Waals surface area (Å²) >= 11 is 0. The fraction of sp³-hybridized carbons (Fsp3) is 0.600. The van der Waals surface area contributed by atoms with E-state index >= 15 is 0 Å². The van der Waals surface area contributed by atoms with Crippen LogP contribution in [0.1, 0.15) is 67.2 Å². The van der Waals surface area contributed by atoms with Crippen molar-refractivity contribution in [2.24, 2.45) is 11.8 Å². The maximum absolute atomic E-state index is 3.42. The Labute approximate surface area is 151 Å². The van der Waals surface area contributed by atoms with Crippen LogP contribution >= 0.6 is 0 Å². The number of hydrogen-bond donors (Lipinski definition) is 0. The van der Waals surface area contributed by atoms with Gasteiger partial charge in [-0.15, -0.1) is 0 Å². The number of allylic oxidation sites excluding steroid dienone is 8. The Hall–Kier alpha value is -0.157. The topological polar surface area (TPSA) is 0 Å². The number of rotatable bonds is 4. The van der Waals surface area contributed by atoms with Crippen molar-refractivity contribution in [3.05, 3.63) is 46.6 Å². The molecule has 0 aliphatic heterocycles. The molecular formula is C20H30Zr. The average molecular weight is 362 g/mol. The van der Waals surface area contributed by atoms with Crippen LogP contribution in [0.15, 0.2) is 34.4 Å². The molecule has 0 fully saturated rings. The molecule has 0 N–H and O–H groups in total. The van der Waals surface area contributed by atoms with E-state index in [-0.39, 0.29) is 26.2 Å². The minimum absolute atomic E-state index is 0. The molecule has 0 amide bonds. The van der Waals surface area contributed by atoms with Crippen LogP contribution in [0.3, 0.4) is 0 Å². The molecule has 0 aromatic carbocycles. The Morgan fingerprint density at radius 1 is 0.810 bits per heavy atom. The molecule has 0 atom stereocenters. The summed E-state index contributed by atoms with van der Waals surface area (Å²) in [5, 5.41) is 0. The van der Waals surface area contributed by atoms with Gasteiger partial charge >= 0.3 is 26.2 Å². The van der Waals surface area contributed by atoms with E-state index in [4.69, 9.17) is 0 Å². The van der Waals surface area contributed by atoms with Crippen molar-refractivity contribution >= 4 is 0 Å². The Morgan fingerprint density at radius 3 is 1.29 bits per heavy atom. The maximum atomic E-state index is 3.42. The average Bonchev–Trinajstić information content (AvgIpc) is 3.08. The molecule has 0 unspecified atom stereocenters. The zero-order valence-electron chi connectivity index (χ0n) is 14.6. The largest absolute Gasteiger partial charge is 2.00 e. The third-order valence-electron chi connectivity index (χ3n) is 3.88. The molecule has 0 saturated heterocycles. The Balaban J connectivity index is 0.000000364. The molecule has 0 bridgehead atoms. The van der Waals surface area contributed by atoms with Gasteiger partial charge in [-0.2, -0.15) is 11.1 Å². The third-order valence-corrected chi connectivity index (χ3v) is 3.88. The molecule has 0 nitrogen and oxygen atoms in total. The molecule has 0 aromatic rings. The normalized spacial score (nSPS) is 16.8. The Bertz CT molecular complexity index is 389. The van der Waals surface area contributed by atoms with Crippen molar-refractivity contribution in [3.63, 3.8) is 0 Å². The molecule has 21 heavy (non-hydrogen) atoms. The van der Waals surface area contributed by atoms with Gasteiger partial charge in [-0.3, -0.25) is 0 Å². The maximum Gasteiger partial charge on any atom is 2.00 e. The SMILES string of the molecule is CCC1=[C-]C(C(C)C)=CC1.CCC1=[C-]C(C(C)C)=CC1.[Zr+2]. The van der Waals surface area contributed by atoms with Gasteiger partial charge in [0.2, 0.25) is 0 Å². The first-order valence-electron chi connectivity index (χ1n) is 8.11. The van der Waals surface area contributed by atoms with Gasteiger partial charge in [-0.1, -0.05) is 79.1 Å². The van der Waals surface area contributed by atoms with Crippen molar-refractivity contribution in [1.29, 1.82) is 0 Å². The standard InChI is InChI=1S/2C10H15.Zr/c2*1-4-9-5-6-10(7-9)8(2)3;/h2*6,8H,4-5H2,1-3H3;/q2*-1;+2. The van der Waals surface area contributed by atoms with Gasteiger partial charge in [0.25, 0.3) is 0 Å². The quantitative estimate of drug-likeness (QED) is 0.521. The summed E-state index contributed by atoms with van der Waals surface area (Å²) in [5.41, 5.74) is 5.72. The number of hydrogen-bond acceptors (Lipinski definition) is 0. The molecule has 0 radical (unpaired) electrons. The third kappa shape index (κ3) is 7.09. The van der Waals surface area contributed by atoms with Crippen molar-refractivity contribution in [2.75, 3.05) is 0 Å². The minimum atomic E-state index is 0. The fourth-order valence-corrected chi connectivity index (χ4v) is 2.30. The van der Waals surface area contributed by atoms with E-state index in [1.807, 2.05) is 0 Å². The summed E-state index contributed by atoms with van der Waals surface area (Å²) < 4.78 is 0. The fourth-order valence-electron chi connectivity index (χ4n) is 2.30. The summed E-state index contributed by atoms with van der Waals surface area (Å²) in [4.78, 5) is 0. The predicted octanol–water partition coefficient (Wildman–Crippen LogP) is 6.22. The van der Waals surface area contributed by atoms with Crippen molar-refractivity contribution in [2.45, 2.75) is 67.2 Å². The first-order chi connectivity index (χ1) is 9.47. The molecular weight excluding hydrogens is 331 g/mol. The summed E-state index contributed by atoms with van der Waals surface area (Å²) in [6, 6.07) is 0. The van der Waals surface area contributed by atoms with E-state index in [1.54, 1.807) is 0 Å². The van der Waals surface area contributed by atoms with E-state index in [9.17, 15) is 0 Å². The summed E-state index contributed by atoms with van der Waals surface area (Å²) in [6.07, 6.45) is 16.0. The second kappa shape index (κ2) is 10.5. The van der Waals surface area contributed by atoms with Crippen molar-refractivity contribution in [1.82, 2.24) is 0 Å². The van der Waals surface area contributed by atoms with Crippen LogP contribution in [0, 0.1) is 24.0 Å². The van der Waals surface area contributed by atoms with E-state index in [0.717, 1.165) is 25.7 Å². The van der Waals surface area contributed by atoms with Gasteiger partial charge in [-0.05, 0) is 0 Å². The van der Waals surface area contributed by atoms with Crippen LogP contribution in [0.5, 0.6) is 0 Å². The summed E-state index contributed by atoms with van der Waals surface area (Å²) in [6.45, 7) is 13.3. The minimum Gasteiger partial charge on any atom is -0.249 e. The van der Waals surface area contributed by atoms with E-state index in [0.29, 0.717) is 11.8 Å². The zero-order chi connectivity index (χ0) is 15.1. The van der Waals surface area contributed by atoms with Gasteiger partial charge in [0.05, 0.1) is 0 Å². The molecule has 114 valence electrons. The predicted molar refractivity (Wildman–Crippen MR) is 89.2 cm³/mol. The molecule has 0 aromatic heterocycles. The molecule has 0 spiro atoms. The van der Waals surface area contributed by atoms with Gasteiger partial charge in [0.1, 0.15) is 0 Å². The summed E-state index contributed by atoms with van der Waals surface area (Å²) in [7, 11) is 0. The molecule has 2 rings (SSSR count). The smallest absolute Gasteiger partial charge is 0.249 e. The monoisotopic (exact) mass is 360 g/mol. The first-order valence-corrected chi connectivity index (χ1v) is 8.11. The van der Waals surface area contributed by atoms with Gasteiger partial charge in [-0.25, -0.2) is 35.5 Å². The van der Waals surface area contributed by atoms with Crippen LogP contribution in [-0.2, 0) is 26.2 Å². The second-order valence-corrected chi connectivity index (χ2v) is 6.20. The van der Waals surface area contributed by atoms with Crippen LogP contribution in [-0.4, -0.2) is 0 Å². The molecule has 0 heterocycles. The van der Waals surface area contributed by atoms with Gasteiger partial charge in [0.15, 0.2) is 0 Å². The van der Waals surface area contributed by atoms with Crippen LogP contribution in [0.2, 0.25) is 0 Å². The van der Waals surface area contributed by atoms with E-state index in [1.165, 1.54) is 22.3 Å². The summed E-state index contributed by atoms with van der Waals surface area (Å²) in [5.74, 6) is 1.31. The Kier molecular flexibility index (Phi) is 10.5. The van der Waals surface area contributed by atoms with Crippen LogP contribution in [0.4, 0.5) is 0 Å². The molecule has 1 heteroatoms. The van der Waals surface area contributed by atoms with Crippen molar-refractivity contribution in [3.8, 4) is 0 Å². The van der Waals surface area contributed by atoms with Gasteiger partial charge in [0, 0.05) is 0 Å². The molecule has 0 saturated carbocycles. The molecule has 2 aliphatic rings. The Morgan fingerprint density at radius 2 is 1.14 bits per heavy atom. The second-order valence-electron chi connectivity index (χ2n) is 6.20. The van der Waals surface area contributed by atoms with Crippen molar-refractivity contribution < 1.29 is 26.2 Å². The molecule has 2 aliphatic carbocycles. The van der Waals surface area contributed by atoms with E-state index < -0.39 is 0 Å². The van der Waals surface area contributed by atoms with Crippen LogP contribution < -0.4 is 0 Å². The van der Waals surface area contributed by atoms with Crippen LogP contribution in [0.25, 0.3) is 0 Å². The zero-order valence-corrected chi connectivity index (χ0v) is 17.1. The van der Waals surface area contributed by atoms with E-state index in [2.05, 4.69) is 65.8 Å².